The highest BCUT2D eigenvalue weighted by molar-refractivity contribution is 5.99. The van der Waals surface area contributed by atoms with E-state index in [9.17, 15) is 14.4 Å². The largest absolute Gasteiger partial charge is 0.367 e. The fraction of sp³-hybridized carbons (Fsp3) is 0.667. The van der Waals surface area contributed by atoms with Crippen molar-refractivity contribution in [3.63, 3.8) is 0 Å². The van der Waals surface area contributed by atoms with E-state index in [0.717, 1.165) is 32.0 Å². The number of Topliss-reactive ketones (excluding diaryl/α,β-unsaturated/α-hetero) is 1. The van der Waals surface area contributed by atoms with E-state index >= 15 is 0 Å². The molecule has 5 rings (SSSR count). The molecule has 0 radical (unpaired) electrons. The predicted molar refractivity (Wildman–Crippen MR) is 137 cm³/mol. The molecule has 1 aromatic carbocycles. The summed E-state index contributed by atoms with van der Waals surface area (Å²) in [5, 5.41) is 6.68. The molecule has 0 bridgehead atoms. The van der Waals surface area contributed by atoms with Crippen molar-refractivity contribution in [3.05, 3.63) is 45.8 Å². The van der Waals surface area contributed by atoms with E-state index < -0.39 is 24.2 Å². The van der Waals surface area contributed by atoms with Crippen LogP contribution in [0.3, 0.4) is 0 Å². The van der Waals surface area contributed by atoms with Crippen LogP contribution in [0, 0.1) is 5.92 Å². The lowest BCUT2D eigenvalue weighted by atomic mass is 9.89. The zero-order chi connectivity index (χ0) is 26.1. The number of fused-ring (bicyclic) bond motifs is 1. The van der Waals surface area contributed by atoms with Crippen molar-refractivity contribution in [1.29, 1.82) is 0 Å². The second-order valence-corrected chi connectivity index (χ2v) is 10.9. The summed E-state index contributed by atoms with van der Waals surface area (Å²) >= 11 is 0. The Hall–Kier alpha value is -2.94. The van der Waals surface area contributed by atoms with Gasteiger partial charge in [-0.15, -0.1) is 0 Å². The third-order valence-electron chi connectivity index (χ3n) is 8.64. The van der Waals surface area contributed by atoms with Crippen LogP contribution in [-0.2, 0) is 14.3 Å². The van der Waals surface area contributed by atoms with Crippen LogP contribution in [-0.4, -0.2) is 83.9 Å². The summed E-state index contributed by atoms with van der Waals surface area (Å²) in [5.74, 6) is -0.500. The molecular formula is C27H36N6O4. The van der Waals surface area contributed by atoms with Gasteiger partial charge in [-0.1, -0.05) is 37.5 Å². The maximum atomic E-state index is 13.7. The Morgan fingerprint density at radius 1 is 1.19 bits per heavy atom. The molecule has 3 saturated heterocycles. The number of benzene rings is 1. The van der Waals surface area contributed by atoms with E-state index in [1.165, 1.54) is 23.3 Å². The lowest BCUT2D eigenvalue weighted by Gasteiger charge is -2.32. The number of carbonyl (C=O) groups is 3. The van der Waals surface area contributed by atoms with Crippen LogP contribution in [0.2, 0.25) is 0 Å². The minimum absolute atomic E-state index is 0.0982. The Bertz CT molecular complexity index is 1070. The molecular weight excluding hydrogens is 472 g/mol. The van der Waals surface area contributed by atoms with Crippen molar-refractivity contribution in [1.82, 2.24) is 15.1 Å². The van der Waals surface area contributed by atoms with Crippen molar-refractivity contribution in [2.75, 3.05) is 26.2 Å². The quantitative estimate of drug-likeness (QED) is 0.328. The number of azide groups is 1. The van der Waals surface area contributed by atoms with Crippen LogP contribution in [0.25, 0.3) is 10.4 Å². The summed E-state index contributed by atoms with van der Waals surface area (Å²) in [7, 11) is 0. The summed E-state index contributed by atoms with van der Waals surface area (Å²) in [6.45, 7) is 6.14. The van der Waals surface area contributed by atoms with Crippen molar-refractivity contribution in [2.45, 2.75) is 82.1 Å². The van der Waals surface area contributed by atoms with Crippen molar-refractivity contribution >= 4 is 17.6 Å². The number of ether oxygens (including phenoxy) is 1. The van der Waals surface area contributed by atoms with Gasteiger partial charge in [-0.25, -0.2) is 0 Å². The van der Waals surface area contributed by atoms with Gasteiger partial charge in [0.15, 0.2) is 5.78 Å². The van der Waals surface area contributed by atoms with Gasteiger partial charge in [0.25, 0.3) is 5.91 Å². The standard InChI is InChI=1S/C27H36N6O4/c1-3-16(2)23(27(36)33-14-21(30-31-28)25-24(33)22(34)15-37-25)29-26(35)19-6-4-17(5-7-19)18-10-12-32(13-11-18)20-8-9-20/h4-7,16,18,20-21,23-25H,3,8-15H2,1-2H3,(H,29,35)/t16-,21+,23-,24+,25+/m0/s1. The second-order valence-electron chi connectivity index (χ2n) is 10.9. The van der Waals surface area contributed by atoms with Gasteiger partial charge in [0, 0.05) is 23.1 Å². The van der Waals surface area contributed by atoms with Crippen LogP contribution in [0.1, 0.15) is 67.8 Å². The summed E-state index contributed by atoms with van der Waals surface area (Å²) in [4.78, 5) is 46.3. The minimum atomic E-state index is -0.803. The number of nitrogens with zero attached hydrogens (tertiary/aromatic N) is 5. The van der Waals surface area contributed by atoms with Crippen LogP contribution < -0.4 is 5.32 Å². The molecule has 4 aliphatic rings. The van der Waals surface area contributed by atoms with Gasteiger partial charge in [0.1, 0.15) is 18.7 Å². The Morgan fingerprint density at radius 3 is 2.51 bits per heavy atom. The highest BCUT2D eigenvalue weighted by Crippen LogP contribution is 2.35. The molecule has 37 heavy (non-hydrogen) atoms. The molecule has 10 nitrogen and oxygen atoms in total. The Labute approximate surface area is 217 Å². The smallest absolute Gasteiger partial charge is 0.251 e. The number of rotatable bonds is 8. The number of amides is 2. The minimum Gasteiger partial charge on any atom is -0.367 e. The molecule has 1 N–H and O–H groups in total. The summed E-state index contributed by atoms with van der Waals surface area (Å²) in [5.41, 5.74) is 10.7. The fourth-order valence-electron chi connectivity index (χ4n) is 6.06. The molecule has 5 atom stereocenters. The molecule has 0 unspecified atom stereocenters. The van der Waals surface area contributed by atoms with E-state index in [0.29, 0.717) is 17.9 Å². The van der Waals surface area contributed by atoms with E-state index in [4.69, 9.17) is 10.3 Å². The average Bonchev–Trinajstić information content (AvgIpc) is 3.62. The van der Waals surface area contributed by atoms with Crippen LogP contribution in [0.4, 0.5) is 0 Å². The topological polar surface area (TPSA) is 128 Å². The van der Waals surface area contributed by atoms with Crippen LogP contribution >= 0.6 is 0 Å². The van der Waals surface area contributed by atoms with Gasteiger partial charge in [0.05, 0.1) is 12.1 Å². The van der Waals surface area contributed by atoms with Crippen molar-refractivity contribution in [2.24, 2.45) is 11.0 Å². The lowest BCUT2D eigenvalue weighted by molar-refractivity contribution is -0.139. The number of likely N-dealkylation sites (tertiary alicyclic amines) is 2. The highest BCUT2D eigenvalue weighted by atomic mass is 16.5. The maximum Gasteiger partial charge on any atom is 0.251 e. The molecule has 3 heterocycles. The van der Waals surface area contributed by atoms with Gasteiger partial charge in [-0.3, -0.25) is 14.4 Å². The highest BCUT2D eigenvalue weighted by Gasteiger charge is 2.53. The SMILES string of the molecule is CC[C@H](C)[C@H](NC(=O)c1ccc(C2CCN(C3CC3)CC2)cc1)C(=O)N1C[C@@H](N=[N+]=[N-])[C@H]2OCC(=O)[C@H]21. The molecule has 2 amide bonds. The number of carbonyl (C=O) groups excluding carboxylic acids is 3. The lowest BCUT2D eigenvalue weighted by Crippen LogP contribution is -2.54. The number of ketones is 1. The third kappa shape index (κ3) is 5.23. The monoisotopic (exact) mass is 508 g/mol. The second kappa shape index (κ2) is 10.8. The number of piperidine rings is 1. The molecule has 1 saturated carbocycles. The van der Waals surface area contributed by atoms with E-state index in [1.54, 1.807) is 0 Å². The Balaban J connectivity index is 1.26. The Kier molecular flexibility index (Phi) is 7.51. The average molecular weight is 509 g/mol. The first-order valence-electron chi connectivity index (χ1n) is 13.5. The summed E-state index contributed by atoms with van der Waals surface area (Å²) in [6, 6.07) is 6.36. The van der Waals surface area contributed by atoms with Crippen LogP contribution in [0.5, 0.6) is 0 Å². The summed E-state index contributed by atoms with van der Waals surface area (Å²) < 4.78 is 5.54. The number of hydrogen-bond donors (Lipinski definition) is 1. The number of hydrogen-bond acceptors (Lipinski definition) is 6. The molecule has 1 aliphatic carbocycles. The Morgan fingerprint density at radius 2 is 1.89 bits per heavy atom. The van der Waals surface area contributed by atoms with Gasteiger partial charge >= 0.3 is 0 Å². The first-order chi connectivity index (χ1) is 17.9. The maximum absolute atomic E-state index is 13.7. The molecule has 4 fully saturated rings. The fourth-order valence-corrected chi connectivity index (χ4v) is 6.06. The molecule has 0 spiro atoms. The van der Waals surface area contributed by atoms with Gasteiger partial charge in [-0.05, 0) is 73.8 Å². The first-order valence-corrected chi connectivity index (χ1v) is 13.5. The molecule has 10 heteroatoms. The first kappa shape index (κ1) is 25.7. The molecule has 0 aromatic heterocycles. The molecule has 198 valence electrons. The van der Waals surface area contributed by atoms with Gasteiger partial charge < -0.3 is 19.9 Å². The zero-order valence-electron chi connectivity index (χ0n) is 21.6. The van der Waals surface area contributed by atoms with Crippen LogP contribution in [0.15, 0.2) is 29.4 Å². The van der Waals surface area contributed by atoms with Gasteiger partial charge in [-0.2, -0.15) is 0 Å². The van der Waals surface area contributed by atoms with Gasteiger partial charge in [0.2, 0.25) is 5.91 Å². The van der Waals surface area contributed by atoms with E-state index in [-0.39, 0.29) is 36.7 Å². The van der Waals surface area contributed by atoms with E-state index in [2.05, 4.69) is 20.2 Å². The normalized spacial score (nSPS) is 27.9. The van der Waals surface area contributed by atoms with E-state index in [1.807, 2.05) is 38.1 Å². The van der Waals surface area contributed by atoms with Crippen molar-refractivity contribution in [3.8, 4) is 0 Å². The third-order valence-corrected chi connectivity index (χ3v) is 8.64. The molecule has 3 aliphatic heterocycles. The number of nitrogens with one attached hydrogen (secondary N) is 1. The molecule has 1 aromatic rings. The zero-order valence-corrected chi connectivity index (χ0v) is 21.6. The summed E-state index contributed by atoms with van der Waals surface area (Å²) in [6.07, 6.45) is 5.00. The van der Waals surface area contributed by atoms with Crippen molar-refractivity contribution < 1.29 is 19.1 Å². The predicted octanol–water partition coefficient (Wildman–Crippen LogP) is 3.03.